The Kier molecular flexibility index (Phi) is 8.12. The Morgan fingerprint density at radius 1 is 0.727 bits per heavy atom. The molecule has 0 saturated carbocycles. The predicted molar refractivity (Wildman–Crippen MR) is 98.7 cm³/mol. The molecule has 1 aromatic rings. The Morgan fingerprint density at radius 2 is 1.00 bits per heavy atom. The van der Waals surface area contributed by atoms with Crippen molar-refractivity contribution in [3.8, 4) is 11.5 Å². The number of hydrogen-bond donors (Lipinski definition) is 0. The van der Waals surface area contributed by atoms with Crippen molar-refractivity contribution in [3.63, 3.8) is 0 Å². The Bertz CT molecular complexity index is 438. The number of thiocarbonyl (C=S) groups is 2. The Balaban J connectivity index is 2.63. The molecule has 0 aliphatic carbocycles. The number of benzene rings is 1. The molecule has 0 heterocycles. The van der Waals surface area contributed by atoms with Crippen LogP contribution in [0.2, 0.25) is 0 Å². The fourth-order valence-electron chi connectivity index (χ4n) is 1.87. The van der Waals surface area contributed by atoms with Crippen LogP contribution in [-0.2, 0) is 0 Å². The minimum Gasteiger partial charge on any atom is -0.432 e. The Hall–Kier alpha value is -1.40. The molecule has 0 N–H and O–H groups in total. The van der Waals surface area contributed by atoms with Crippen LogP contribution < -0.4 is 9.47 Å². The van der Waals surface area contributed by atoms with Crippen molar-refractivity contribution < 1.29 is 9.47 Å². The van der Waals surface area contributed by atoms with Crippen molar-refractivity contribution in [2.24, 2.45) is 0 Å². The van der Waals surface area contributed by atoms with Gasteiger partial charge in [-0.3, -0.25) is 0 Å². The van der Waals surface area contributed by atoms with Gasteiger partial charge in [0.1, 0.15) is 11.5 Å². The highest BCUT2D eigenvalue weighted by Crippen LogP contribution is 2.19. The van der Waals surface area contributed by atoms with Crippen LogP contribution in [0, 0.1) is 0 Å². The lowest BCUT2D eigenvalue weighted by molar-refractivity contribution is 0.374. The molecule has 0 fully saturated rings. The Morgan fingerprint density at radius 3 is 1.23 bits per heavy atom. The summed E-state index contributed by atoms with van der Waals surface area (Å²) in [5.41, 5.74) is 0. The van der Waals surface area contributed by atoms with E-state index in [1.165, 1.54) is 0 Å². The highest BCUT2D eigenvalue weighted by molar-refractivity contribution is 7.80. The molecule has 1 rings (SSSR count). The van der Waals surface area contributed by atoms with Gasteiger partial charge in [-0.15, -0.1) is 0 Å². The first-order valence-electron chi connectivity index (χ1n) is 7.59. The zero-order valence-electron chi connectivity index (χ0n) is 13.7. The number of ether oxygens (including phenoxy) is 2. The van der Waals surface area contributed by atoms with Crippen LogP contribution in [0.1, 0.15) is 27.7 Å². The maximum Gasteiger partial charge on any atom is 0.264 e. The summed E-state index contributed by atoms with van der Waals surface area (Å²) in [5, 5.41) is 0.967. The van der Waals surface area contributed by atoms with Crippen LogP contribution in [0.15, 0.2) is 24.3 Å². The number of hydrogen-bond acceptors (Lipinski definition) is 4. The van der Waals surface area contributed by atoms with E-state index in [1.54, 1.807) is 0 Å². The monoisotopic (exact) mass is 340 g/mol. The normalized spacial score (nSPS) is 10.0. The first-order valence-corrected chi connectivity index (χ1v) is 8.40. The third-order valence-electron chi connectivity index (χ3n) is 3.28. The van der Waals surface area contributed by atoms with E-state index in [0.29, 0.717) is 21.8 Å². The lowest BCUT2D eigenvalue weighted by Gasteiger charge is -2.22. The van der Waals surface area contributed by atoms with Crippen molar-refractivity contribution in [1.82, 2.24) is 9.80 Å². The minimum atomic E-state index is 0.484. The maximum absolute atomic E-state index is 5.67. The molecule has 0 aliphatic heterocycles. The van der Waals surface area contributed by atoms with Crippen LogP contribution in [0.3, 0.4) is 0 Å². The van der Waals surface area contributed by atoms with Crippen LogP contribution in [0.4, 0.5) is 0 Å². The second-order valence-corrected chi connectivity index (χ2v) is 5.25. The largest absolute Gasteiger partial charge is 0.432 e. The minimum absolute atomic E-state index is 0.484. The van der Waals surface area contributed by atoms with Gasteiger partial charge < -0.3 is 19.3 Å². The lowest BCUT2D eigenvalue weighted by Crippen LogP contribution is -2.33. The second-order valence-electron chi connectivity index (χ2n) is 4.55. The summed E-state index contributed by atoms with van der Waals surface area (Å²) in [7, 11) is 0. The zero-order chi connectivity index (χ0) is 16.5. The van der Waals surface area contributed by atoms with Gasteiger partial charge in [0.15, 0.2) is 0 Å². The van der Waals surface area contributed by atoms with Crippen molar-refractivity contribution in [2.45, 2.75) is 27.7 Å². The quantitative estimate of drug-likeness (QED) is 0.732. The van der Waals surface area contributed by atoms with Crippen molar-refractivity contribution >= 4 is 34.8 Å². The summed E-state index contributed by atoms with van der Waals surface area (Å²) in [6.45, 7) is 11.5. The van der Waals surface area contributed by atoms with Crippen LogP contribution in [0.25, 0.3) is 0 Å². The summed E-state index contributed by atoms with van der Waals surface area (Å²) in [6.07, 6.45) is 0. The predicted octanol–water partition coefficient (Wildman–Crippen LogP) is 3.70. The second kappa shape index (κ2) is 9.58. The molecule has 6 heteroatoms. The lowest BCUT2D eigenvalue weighted by atomic mass is 10.3. The molecule has 0 spiro atoms. The van der Waals surface area contributed by atoms with Gasteiger partial charge in [-0.05, 0) is 76.4 Å². The SMILES string of the molecule is CCN(CC)C(=S)Oc1ccc(OC(=S)N(CC)CC)cc1. The van der Waals surface area contributed by atoms with Gasteiger partial charge in [-0.2, -0.15) is 0 Å². The molecule has 1 aromatic carbocycles. The van der Waals surface area contributed by atoms with E-state index in [2.05, 4.69) is 0 Å². The zero-order valence-corrected chi connectivity index (χ0v) is 15.3. The number of nitrogens with zero attached hydrogens (tertiary/aromatic N) is 2. The molecule has 0 radical (unpaired) electrons. The van der Waals surface area contributed by atoms with Gasteiger partial charge >= 0.3 is 0 Å². The van der Waals surface area contributed by atoms with Crippen LogP contribution in [0.5, 0.6) is 11.5 Å². The highest BCUT2D eigenvalue weighted by atomic mass is 32.1. The summed E-state index contributed by atoms with van der Waals surface area (Å²) < 4.78 is 11.3. The average molecular weight is 341 g/mol. The van der Waals surface area contributed by atoms with Gasteiger partial charge in [0.2, 0.25) is 0 Å². The first kappa shape index (κ1) is 18.6. The molecule has 0 atom stereocenters. The van der Waals surface area contributed by atoms with E-state index in [0.717, 1.165) is 26.2 Å². The maximum atomic E-state index is 5.67. The summed E-state index contributed by atoms with van der Waals surface area (Å²) in [6, 6.07) is 7.32. The number of rotatable bonds is 6. The first-order chi connectivity index (χ1) is 10.5. The van der Waals surface area contributed by atoms with Crippen molar-refractivity contribution in [1.29, 1.82) is 0 Å². The Labute approximate surface area is 144 Å². The van der Waals surface area contributed by atoms with Gasteiger partial charge in [0, 0.05) is 26.2 Å². The van der Waals surface area contributed by atoms with Gasteiger partial charge in [0.25, 0.3) is 10.3 Å². The van der Waals surface area contributed by atoms with Crippen LogP contribution in [-0.4, -0.2) is 46.3 Å². The molecule has 22 heavy (non-hydrogen) atoms. The molecule has 0 unspecified atom stereocenters. The standard InChI is InChI=1S/C16H24N2O2S2/c1-5-17(6-2)15(21)19-13-9-11-14(12-10-13)20-16(22)18(7-3)8-4/h9-12H,5-8H2,1-4H3. The van der Waals surface area contributed by atoms with E-state index in [4.69, 9.17) is 33.9 Å². The smallest absolute Gasteiger partial charge is 0.264 e. The third kappa shape index (κ3) is 5.42. The van der Waals surface area contributed by atoms with E-state index in [9.17, 15) is 0 Å². The fourth-order valence-corrected chi connectivity index (χ4v) is 2.58. The molecule has 0 amide bonds. The van der Waals surface area contributed by atoms with E-state index < -0.39 is 0 Å². The van der Waals surface area contributed by atoms with Gasteiger partial charge in [-0.25, -0.2) is 0 Å². The summed E-state index contributed by atoms with van der Waals surface area (Å²) >= 11 is 10.5. The topological polar surface area (TPSA) is 24.9 Å². The molecular formula is C16H24N2O2S2. The van der Waals surface area contributed by atoms with E-state index in [-0.39, 0.29) is 0 Å². The van der Waals surface area contributed by atoms with Crippen molar-refractivity contribution in [3.05, 3.63) is 24.3 Å². The fraction of sp³-hybridized carbons (Fsp3) is 0.500. The van der Waals surface area contributed by atoms with Crippen molar-refractivity contribution in [2.75, 3.05) is 26.2 Å². The molecule has 0 bridgehead atoms. The molecule has 0 aromatic heterocycles. The van der Waals surface area contributed by atoms with E-state index in [1.807, 2.05) is 61.8 Å². The summed E-state index contributed by atoms with van der Waals surface area (Å²) in [5.74, 6) is 1.39. The average Bonchev–Trinajstić information content (AvgIpc) is 2.51. The third-order valence-corrected chi connectivity index (χ3v) is 3.96. The molecule has 122 valence electrons. The summed E-state index contributed by atoms with van der Waals surface area (Å²) in [4.78, 5) is 3.96. The molecule has 4 nitrogen and oxygen atoms in total. The highest BCUT2D eigenvalue weighted by Gasteiger charge is 2.09. The van der Waals surface area contributed by atoms with Gasteiger partial charge in [0.05, 0.1) is 0 Å². The van der Waals surface area contributed by atoms with E-state index >= 15 is 0 Å². The van der Waals surface area contributed by atoms with Gasteiger partial charge in [-0.1, -0.05) is 0 Å². The molecule has 0 aliphatic rings. The molecule has 0 saturated heterocycles. The molecular weight excluding hydrogens is 316 g/mol. The van der Waals surface area contributed by atoms with Crippen LogP contribution >= 0.6 is 24.4 Å².